The fourth-order valence-corrected chi connectivity index (χ4v) is 0.559. The van der Waals surface area contributed by atoms with Crippen LogP contribution < -0.4 is 0 Å². The van der Waals surface area contributed by atoms with Crippen molar-refractivity contribution in [1.82, 2.24) is 0 Å². The largest absolute Gasteiger partial charge is 0.228 e. The van der Waals surface area contributed by atoms with E-state index in [9.17, 15) is 0 Å². The molecular weight excluding hydrogens is 82.1 g/mol. The second-order valence-corrected chi connectivity index (χ2v) is 1.41. The Morgan fingerprint density at radius 1 is 2.00 bits per heavy atom. The molecule has 1 rings (SSSR count). The van der Waals surface area contributed by atoms with Gasteiger partial charge in [0.25, 0.3) is 0 Å². The van der Waals surface area contributed by atoms with Gasteiger partial charge in [-0.3, -0.25) is 0 Å². The lowest BCUT2D eigenvalue weighted by atomic mass is 10.6. The average Bonchev–Trinajstić information content (AvgIpc) is 1.76. The fraction of sp³-hybridized carbons (Fsp3) is 0.333. The van der Waals surface area contributed by atoms with Crippen LogP contribution in [-0.4, -0.2) is 6.21 Å². The third kappa shape index (κ3) is 0.651. The molecular formula is C3H3NS. The second-order valence-electron chi connectivity index (χ2n) is 0.728. The summed E-state index contributed by atoms with van der Waals surface area (Å²) in [6.45, 7) is 0. The molecule has 0 saturated heterocycles. The van der Waals surface area contributed by atoms with Gasteiger partial charge in [-0.25, -0.2) is 4.40 Å². The lowest BCUT2D eigenvalue weighted by molar-refractivity contribution is 1.55. The molecule has 0 N–H and O–H groups in total. The maximum absolute atomic E-state index is 3.76. The fourth-order valence-electron chi connectivity index (χ4n) is 0.186. The van der Waals surface area contributed by atoms with Crippen LogP contribution in [-0.2, 0) is 0 Å². The van der Waals surface area contributed by atoms with E-state index < -0.39 is 0 Å². The molecule has 0 bridgehead atoms. The Kier molecular flexibility index (Phi) is 0.937. The lowest BCUT2D eigenvalue weighted by Crippen LogP contribution is -1.54. The quantitative estimate of drug-likeness (QED) is 0.402. The summed E-state index contributed by atoms with van der Waals surface area (Å²) in [4.78, 5) is 0. The first kappa shape index (κ1) is 3.22. The summed E-state index contributed by atoms with van der Waals surface area (Å²) in [6.07, 6.45) is 2.76. The summed E-state index contributed by atoms with van der Waals surface area (Å²) in [5.41, 5.74) is 0. The molecule has 0 aliphatic carbocycles. The van der Waals surface area contributed by atoms with Crippen molar-refractivity contribution < 1.29 is 0 Å². The van der Waals surface area contributed by atoms with Crippen LogP contribution in [0.2, 0.25) is 0 Å². The summed E-state index contributed by atoms with van der Waals surface area (Å²) >= 11 is 1.39. The maximum Gasteiger partial charge on any atom is 0.0793 e. The zero-order chi connectivity index (χ0) is 3.54. The van der Waals surface area contributed by atoms with Crippen LogP contribution in [0.1, 0.15) is 6.42 Å². The van der Waals surface area contributed by atoms with Crippen molar-refractivity contribution in [1.29, 1.82) is 0 Å². The van der Waals surface area contributed by atoms with Gasteiger partial charge in [-0.1, -0.05) is 0 Å². The zero-order valence-electron chi connectivity index (χ0n) is 2.64. The molecule has 0 aromatic rings. The molecule has 5 heavy (non-hydrogen) atoms. The van der Waals surface area contributed by atoms with Crippen LogP contribution in [0.5, 0.6) is 0 Å². The van der Waals surface area contributed by atoms with E-state index in [1.807, 2.05) is 6.21 Å². The van der Waals surface area contributed by atoms with Crippen molar-refractivity contribution in [2.45, 2.75) is 6.42 Å². The first-order chi connectivity index (χ1) is 2.50. The molecule has 0 aromatic heterocycles. The van der Waals surface area contributed by atoms with Gasteiger partial charge < -0.3 is 0 Å². The van der Waals surface area contributed by atoms with Crippen LogP contribution in [0.15, 0.2) is 4.40 Å². The number of hydrogen-bond donors (Lipinski definition) is 0. The highest BCUT2D eigenvalue weighted by molar-refractivity contribution is 8.00. The SMILES string of the molecule is [C]1CC=NS1. The van der Waals surface area contributed by atoms with Crippen LogP contribution in [0.4, 0.5) is 0 Å². The highest BCUT2D eigenvalue weighted by atomic mass is 32.2. The third-order valence-electron chi connectivity index (χ3n) is 0.366. The summed E-state index contributed by atoms with van der Waals surface area (Å²) in [5.74, 6) is 2.92. The molecule has 1 aliphatic rings. The molecule has 0 spiro atoms. The smallest absolute Gasteiger partial charge is 0.0793 e. The van der Waals surface area contributed by atoms with Crippen LogP contribution in [0.25, 0.3) is 0 Å². The van der Waals surface area contributed by atoms with E-state index in [2.05, 4.69) is 10.2 Å². The van der Waals surface area contributed by atoms with Gasteiger partial charge in [0.1, 0.15) is 0 Å². The van der Waals surface area contributed by atoms with Crippen molar-refractivity contribution in [2.75, 3.05) is 0 Å². The average molecular weight is 85.1 g/mol. The van der Waals surface area contributed by atoms with Gasteiger partial charge in [-0.2, -0.15) is 0 Å². The normalized spacial score (nSPS) is 20.8. The van der Waals surface area contributed by atoms with Gasteiger partial charge in [0, 0.05) is 12.6 Å². The summed E-state index contributed by atoms with van der Waals surface area (Å²) < 4.78 is 3.76. The van der Waals surface area contributed by atoms with Gasteiger partial charge in [0.05, 0.1) is 5.75 Å². The molecule has 0 fully saturated rings. The van der Waals surface area contributed by atoms with Gasteiger partial charge in [0.15, 0.2) is 0 Å². The molecule has 0 amide bonds. The lowest BCUT2D eigenvalue weighted by Gasteiger charge is -1.64. The molecule has 0 saturated carbocycles. The van der Waals surface area contributed by atoms with Crippen LogP contribution in [0, 0.1) is 5.75 Å². The summed E-state index contributed by atoms with van der Waals surface area (Å²) in [5, 5.41) is 0. The Morgan fingerprint density at radius 2 is 3.00 bits per heavy atom. The minimum absolute atomic E-state index is 0.921. The predicted molar refractivity (Wildman–Crippen MR) is 23.9 cm³/mol. The standard InChI is InChI=1S/C3H3NS/c1-2-4-5-3-1/h2H,1H2. The topological polar surface area (TPSA) is 12.4 Å². The van der Waals surface area contributed by atoms with E-state index in [-0.39, 0.29) is 0 Å². The third-order valence-corrected chi connectivity index (χ3v) is 0.917. The van der Waals surface area contributed by atoms with Crippen molar-refractivity contribution in [2.24, 2.45) is 4.40 Å². The molecule has 0 atom stereocenters. The van der Waals surface area contributed by atoms with E-state index >= 15 is 0 Å². The second kappa shape index (κ2) is 1.45. The van der Waals surface area contributed by atoms with Crippen molar-refractivity contribution >= 4 is 18.2 Å². The van der Waals surface area contributed by atoms with E-state index in [1.165, 1.54) is 11.9 Å². The first-order valence-electron chi connectivity index (χ1n) is 1.41. The highest BCUT2D eigenvalue weighted by Crippen LogP contribution is 2.13. The van der Waals surface area contributed by atoms with E-state index in [4.69, 9.17) is 0 Å². The highest BCUT2D eigenvalue weighted by Gasteiger charge is 1.89. The minimum atomic E-state index is 0.921. The molecule has 2 heteroatoms. The van der Waals surface area contributed by atoms with Crippen LogP contribution >= 0.6 is 11.9 Å². The van der Waals surface area contributed by atoms with Gasteiger partial charge >= 0.3 is 0 Å². The molecule has 2 radical (unpaired) electrons. The molecule has 26 valence electrons. The molecule has 1 aliphatic heterocycles. The molecule has 1 nitrogen and oxygen atoms in total. The van der Waals surface area contributed by atoms with Crippen LogP contribution in [0.3, 0.4) is 0 Å². The molecule has 0 unspecified atom stereocenters. The maximum atomic E-state index is 3.76. The van der Waals surface area contributed by atoms with E-state index in [0.717, 1.165) is 6.42 Å². The Hall–Kier alpha value is 0.0200. The summed E-state index contributed by atoms with van der Waals surface area (Å²) in [6, 6.07) is 0. The van der Waals surface area contributed by atoms with E-state index in [0.29, 0.717) is 0 Å². The number of rotatable bonds is 0. The number of hydrogen-bond acceptors (Lipinski definition) is 2. The van der Waals surface area contributed by atoms with Gasteiger partial charge in [-0.15, -0.1) is 0 Å². The Morgan fingerprint density at radius 3 is 3.20 bits per heavy atom. The Balaban J connectivity index is 2.32. The van der Waals surface area contributed by atoms with Gasteiger partial charge in [-0.05, 0) is 11.9 Å². The Bertz CT molecular complexity index is 44.9. The Labute approximate surface area is 35.6 Å². The zero-order valence-corrected chi connectivity index (χ0v) is 3.46. The monoisotopic (exact) mass is 85.0 g/mol. The van der Waals surface area contributed by atoms with Gasteiger partial charge in [0.2, 0.25) is 0 Å². The predicted octanol–water partition coefficient (Wildman–Crippen LogP) is 1.15. The molecule has 1 heterocycles. The minimum Gasteiger partial charge on any atom is -0.228 e. The molecule has 0 aromatic carbocycles. The van der Waals surface area contributed by atoms with E-state index in [1.54, 1.807) is 0 Å². The van der Waals surface area contributed by atoms with Crippen molar-refractivity contribution in [3.8, 4) is 0 Å². The summed E-state index contributed by atoms with van der Waals surface area (Å²) in [7, 11) is 0. The van der Waals surface area contributed by atoms with Crippen molar-refractivity contribution in [3.63, 3.8) is 0 Å². The first-order valence-corrected chi connectivity index (χ1v) is 2.18. The van der Waals surface area contributed by atoms with Crippen molar-refractivity contribution in [3.05, 3.63) is 5.75 Å². The number of nitrogens with zero attached hydrogens (tertiary/aromatic N) is 1.